The highest BCUT2D eigenvalue weighted by Crippen LogP contribution is 2.28. The second kappa shape index (κ2) is 6.74. The van der Waals surface area contributed by atoms with Gasteiger partial charge < -0.3 is 15.4 Å². The first-order valence-electron chi connectivity index (χ1n) is 7.94. The maximum Gasteiger partial charge on any atom is 0.262 e. The molecule has 5 nitrogen and oxygen atoms in total. The number of ether oxygens (including phenoxy) is 1. The van der Waals surface area contributed by atoms with Gasteiger partial charge in [-0.15, -0.1) is 0 Å². The van der Waals surface area contributed by atoms with Crippen molar-refractivity contribution in [1.29, 1.82) is 0 Å². The zero-order valence-electron chi connectivity index (χ0n) is 13.8. The van der Waals surface area contributed by atoms with Crippen LogP contribution in [-0.2, 0) is 16.0 Å². The molecule has 0 spiro atoms. The minimum atomic E-state index is -0.160. The van der Waals surface area contributed by atoms with Crippen molar-refractivity contribution in [2.24, 2.45) is 0 Å². The van der Waals surface area contributed by atoms with Gasteiger partial charge in [-0.3, -0.25) is 9.59 Å². The SMILES string of the molecule is Cc1ccc(NC(=O)CCc2ccc3c(c2)NC(=O)CO3)c(C)c1. The van der Waals surface area contributed by atoms with Crippen LogP contribution in [-0.4, -0.2) is 18.4 Å². The van der Waals surface area contributed by atoms with Gasteiger partial charge in [-0.2, -0.15) is 0 Å². The quantitative estimate of drug-likeness (QED) is 0.907. The molecule has 3 rings (SSSR count). The molecule has 2 aromatic rings. The molecular formula is C19H20N2O3. The van der Waals surface area contributed by atoms with Gasteiger partial charge in [0.25, 0.3) is 5.91 Å². The molecule has 0 atom stereocenters. The molecule has 0 saturated carbocycles. The van der Waals surface area contributed by atoms with Gasteiger partial charge in [0.2, 0.25) is 5.91 Å². The summed E-state index contributed by atoms with van der Waals surface area (Å²) in [6, 6.07) is 11.6. The Labute approximate surface area is 141 Å². The molecule has 124 valence electrons. The van der Waals surface area contributed by atoms with E-state index in [2.05, 4.69) is 10.6 Å². The molecule has 2 N–H and O–H groups in total. The van der Waals surface area contributed by atoms with Gasteiger partial charge in [-0.1, -0.05) is 23.8 Å². The lowest BCUT2D eigenvalue weighted by Crippen LogP contribution is -2.25. The molecule has 0 bridgehead atoms. The summed E-state index contributed by atoms with van der Waals surface area (Å²) in [5.41, 5.74) is 4.71. The summed E-state index contributed by atoms with van der Waals surface area (Å²) in [5, 5.41) is 5.72. The average Bonchev–Trinajstić information content (AvgIpc) is 2.55. The molecule has 0 radical (unpaired) electrons. The Morgan fingerprint density at radius 1 is 1.21 bits per heavy atom. The number of benzene rings is 2. The number of amides is 2. The maximum atomic E-state index is 12.2. The van der Waals surface area contributed by atoms with Gasteiger partial charge in [0.15, 0.2) is 6.61 Å². The first kappa shape index (κ1) is 16.1. The van der Waals surface area contributed by atoms with Crippen LogP contribution >= 0.6 is 0 Å². The second-order valence-electron chi connectivity index (χ2n) is 6.03. The third-order valence-corrected chi connectivity index (χ3v) is 3.97. The van der Waals surface area contributed by atoms with Crippen LogP contribution in [0, 0.1) is 13.8 Å². The predicted molar refractivity (Wildman–Crippen MR) is 93.4 cm³/mol. The number of anilines is 2. The number of nitrogens with one attached hydrogen (secondary N) is 2. The fourth-order valence-corrected chi connectivity index (χ4v) is 2.71. The van der Waals surface area contributed by atoms with Crippen molar-refractivity contribution in [2.45, 2.75) is 26.7 Å². The number of rotatable bonds is 4. The van der Waals surface area contributed by atoms with Crippen LogP contribution in [0.1, 0.15) is 23.1 Å². The summed E-state index contributed by atoms with van der Waals surface area (Å²) in [7, 11) is 0. The number of carbonyl (C=O) groups is 2. The normalized spacial score (nSPS) is 12.8. The summed E-state index contributed by atoms with van der Waals surface area (Å²) in [6.07, 6.45) is 0.973. The molecule has 5 heteroatoms. The summed E-state index contributed by atoms with van der Waals surface area (Å²) in [5.74, 6) is 0.477. The van der Waals surface area contributed by atoms with Crippen molar-refractivity contribution in [3.8, 4) is 5.75 Å². The lowest BCUT2D eigenvalue weighted by atomic mass is 10.1. The van der Waals surface area contributed by atoms with E-state index in [0.29, 0.717) is 24.3 Å². The van der Waals surface area contributed by atoms with Crippen LogP contribution < -0.4 is 15.4 Å². The zero-order chi connectivity index (χ0) is 17.1. The van der Waals surface area contributed by atoms with Crippen LogP contribution in [0.2, 0.25) is 0 Å². The summed E-state index contributed by atoms with van der Waals surface area (Å²) >= 11 is 0. The molecule has 0 unspecified atom stereocenters. The van der Waals surface area contributed by atoms with Crippen molar-refractivity contribution in [3.63, 3.8) is 0 Å². The van der Waals surface area contributed by atoms with Gasteiger partial charge in [0.1, 0.15) is 5.75 Å². The number of carbonyl (C=O) groups excluding carboxylic acids is 2. The Kier molecular flexibility index (Phi) is 4.51. The molecule has 0 aliphatic carbocycles. The highest BCUT2D eigenvalue weighted by molar-refractivity contribution is 5.95. The Balaban J connectivity index is 1.60. The van der Waals surface area contributed by atoms with Crippen LogP contribution in [0.5, 0.6) is 5.75 Å². The predicted octanol–water partition coefficient (Wildman–Crippen LogP) is 3.21. The monoisotopic (exact) mass is 324 g/mol. The van der Waals surface area contributed by atoms with E-state index >= 15 is 0 Å². The average molecular weight is 324 g/mol. The minimum absolute atomic E-state index is 0.0278. The van der Waals surface area contributed by atoms with E-state index in [1.54, 1.807) is 0 Å². The van der Waals surface area contributed by atoms with E-state index in [0.717, 1.165) is 16.8 Å². The van der Waals surface area contributed by atoms with Crippen LogP contribution in [0.15, 0.2) is 36.4 Å². The summed E-state index contributed by atoms with van der Waals surface area (Å²) in [6.45, 7) is 4.05. The van der Waals surface area contributed by atoms with E-state index in [1.807, 2.05) is 50.2 Å². The first-order valence-corrected chi connectivity index (χ1v) is 7.94. The maximum absolute atomic E-state index is 12.2. The fourth-order valence-electron chi connectivity index (χ4n) is 2.71. The molecule has 2 aromatic carbocycles. The van der Waals surface area contributed by atoms with Gasteiger partial charge in [-0.05, 0) is 49.6 Å². The third kappa shape index (κ3) is 3.74. The molecule has 1 aliphatic rings. The summed E-state index contributed by atoms with van der Waals surface area (Å²) < 4.78 is 5.33. The smallest absolute Gasteiger partial charge is 0.262 e. The minimum Gasteiger partial charge on any atom is -0.482 e. The molecule has 24 heavy (non-hydrogen) atoms. The molecule has 0 aromatic heterocycles. The Morgan fingerprint density at radius 2 is 2.04 bits per heavy atom. The highest BCUT2D eigenvalue weighted by atomic mass is 16.5. The van der Waals surface area contributed by atoms with Crippen molar-refractivity contribution < 1.29 is 14.3 Å². The van der Waals surface area contributed by atoms with E-state index in [-0.39, 0.29) is 18.4 Å². The Morgan fingerprint density at radius 3 is 2.83 bits per heavy atom. The number of hydrogen-bond acceptors (Lipinski definition) is 3. The number of hydrogen-bond donors (Lipinski definition) is 2. The third-order valence-electron chi connectivity index (χ3n) is 3.97. The molecule has 0 fully saturated rings. The topological polar surface area (TPSA) is 67.4 Å². The molecular weight excluding hydrogens is 304 g/mol. The van der Waals surface area contributed by atoms with E-state index in [9.17, 15) is 9.59 Å². The van der Waals surface area contributed by atoms with Gasteiger partial charge >= 0.3 is 0 Å². The first-order chi connectivity index (χ1) is 11.5. The van der Waals surface area contributed by atoms with Gasteiger partial charge in [-0.25, -0.2) is 0 Å². The molecule has 2 amide bonds. The largest absolute Gasteiger partial charge is 0.482 e. The highest BCUT2D eigenvalue weighted by Gasteiger charge is 2.16. The van der Waals surface area contributed by atoms with Crippen molar-refractivity contribution in [3.05, 3.63) is 53.1 Å². The molecule has 1 heterocycles. The van der Waals surface area contributed by atoms with Crippen molar-refractivity contribution in [2.75, 3.05) is 17.2 Å². The van der Waals surface area contributed by atoms with E-state index < -0.39 is 0 Å². The number of fused-ring (bicyclic) bond motifs is 1. The molecule has 1 aliphatic heterocycles. The second-order valence-corrected chi connectivity index (χ2v) is 6.03. The van der Waals surface area contributed by atoms with E-state index in [1.165, 1.54) is 5.56 Å². The van der Waals surface area contributed by atoms with Crippen LogP contribution in [0.3, 0.4) is 0 Å². The van der Waals surface area contributed by atoms with Crippen molar-refractivity contribution >= 4 is 23.2 Å². The van der Waals surface area contributed by atoms with E-state index in [4.69, 9.17) is 4.74 Å². The van der Waals surface area contributed by atoms with Crippen molar-refractivity contribution in [1.82, 2.24) is 0 Å². The van der Waals surface area contributed by atoms with Crippen LogP contribution in [0.4, 0.5) is 11.4 Å². The van der Waals surface area contributed by atoms with Gasteiger partial charge in [0.05, 0.1) is 5.69 Å². The standard InChI is InChI=1S/C19H20N2O3/c1-12-3-6-15(13(2)9-12)20-18(22)8-5-14-4-7-17-16(10-14)21-19(23)11-24-17/h3-4,6-7,9-10H,5,8,11H2,1-2H3,(H,20,22)(H,21,23). The fraction of sp³-hybridized carbons (Fsp3) is 0.263. The lowest BCUT2D eigenvalue weighted by molar-refractivity contribution is -0.118. The summed E-state index contributed by atoms with van der Waals surface area (Å²) in [4.78, 5) is 23.5. The number of aryl methyl sites for hydroxylation is 3. The van der Waals surface area contributed by atoms with Gasteiger partial charge in [0, 0.05) is 12.1 Å². The van der Waals surface area contributed by atoms with Crippen LogP contribution in [0.25, 0.3) is 0 Å². The lowest BCUT2D eigenvalue weighted by Gasteiger charge is -2.18. The Hall–Kier alpha value is -2.82. The molecule has 0 saturated heterocycles. The Bertz CT molecular complexity index is 799. The zero-order valence-corrected chi connectivity index (χ0v) is 13.8.